The molecule has 0 atom stereocenters. The first kappa shape index (κ1) is 22.6. The lowest BCUT2D eigenvalue weighted by Crippen LogP contribution is -2.30. The highest BCUT2D eigenvalue weighted by atomic mass is 32.2. The van der Waals surface area contributed by atoms with Crippen LogP contribution in [0.2, 0.25) is 0 Å². The number of hydrogen-bond acceptors (Lipinski definition) is 4. The summed E-state index contributed by atoms with van der Waals surface area (Å²) in [6.45, 7) is 3.61. The molecule has 0 spiro atoms. The van der Waals surface area contributed by atoms with Crippen LogP contribution in [0.3, 0.4) is 0 Å². The highest BCUT2D eigenvalue weighted by Gasteiger charge is 2.26. The van der Waals surface area contributed by atoms with Crippen molar-refractivity contribution < 1.29 is 22.8 Å². The Labute approximate surface area is 181 Å². The van der Waals surface area contributed by atoms with Crippen LogP contribution in [0, 0.1) is 19.7 Å². The van der Waals surface area contributed by atoms with Gasteiger partial charge in [-0.1, -0.05) is 36.4 Å². The van der Waals surface area contributed by atoms with Gasteiger partial charge >= 0.3 is 0 Å². The summed E-state index contributed by atoms with van der Waals surface area (Å²) in [6.07, 6.45) is 0. The second-order valence-corrected chi connectivity index (χ2v) is 9.19. The van der Waals surface area contributed by atoms with Crippen LogP contribution in [-0.2, 0) is 23.1 Å². The number of hydrogen-bond donors (Lipinski definition) is 2. The quantitative estimate of drug-likeness (QED) is 0.428. The molecule has 8 heteroatoms. The van der Waals surface area contributed by atoms with Gasteiger partial charge < -0.3 is 0 Å². The Kier molecular flexibility index (Phi) is 6.84. The fourth-order valence-corrected chi connectivity index (χ4v) is 4.65. The van der Waals surface area contributed by atoms with Crippen molar-refractivity contribution in [1.29, 1.82) is 0 Å². The van der Waals surface area contributed by atoms with Crippen LogP contribution in [0.25, 0.3) is 0 Å². The number of nitrogens with one attached hydrogen (secondary N) is 1. The maximum Gasteiger partial charge on any atom is 0.274 e. The Bertz CT molecular complexity index is 1190. The van der Waals surface area contributed by atoms with Crippen molar-refractivity contribution >= 4 is 15.9 Å². The van der Waals surface area contributed by atoms with E-state index in [2.05, 4.69) is 0 Å². The van der Waals surface area contributed by atoms with Crippen LogP contribution in [0.5, 0.6) is 0 Å². The largest absolute Gasteiger partial charge is 0.288 e. The topological polar surface area (TPSA) is 86.7 Å². The number of sulfonamides is 1. The van der Waals surface area contributed by atoms with Crippen molar-refractivity contribution in [3.63, 3.8) is 0 Å². The highest BCUT2D eigenvalue weighted by molar-refractivity contribution is 7.89. The molecule has 0 aromatic heterocycles. The van der Waals surface area contributed by atoms with E-state index in [4.69, 9.17) is 5.21 Å². The van der Waals surface area contributed by atoms with Crippen LogP contribution < -0.4 is 5.48 Å². The number of amides is 1. The molecule has 3 aromatic carbocycles. The van der Waals surface area contributed by atoms with Gasteiger partial charge in [-0.25, -0.2) is 18.3 Å². The zero-order valence-corrected chi connectivity index (χ0v) is 18.0. The third kappa shape index (κ3) is 5.16. The first-order valence-corrected chi connectivity index (χ1v) is 11.0. The van der Waals surface area contributed by atoms with E-state index in [1.54, 1.807) is 17.6 Å². The Morgan fingerprint density at radius 2 is 1.65 bits per heavy atom. The van der Waals surface area contributed by atoms with Crippen molar-refractivity contribution in [3.8, 4) is 0 Å². The van der Waals surface area contributed by atoms with Crippen LogP contribution in [-0.4, -0.2) is 23.8 Å². The third-order valence-corrected chi connectivity index (χ3v) is 6.84. The van der Waals surface area contributed by atoms with E-state index in [0.29, 0.717) is 5.56 Å². The molecule has 0 heterocycles. The summed E-state index contributed by atoms with van der Waals surface area (Å²) in [6, 6.07) is 17.5. The van der Waals surface area contributed by atoms with E-state index < -0.39 is 21.7 Å². The molecule has 3 aromatic rings. The average molecular weight is 443 g/mol. The van der Waals surface area contributed by atoms with Crippen molar-refractivity contribution in [2.24, 2.45) is 0 Å². The predicted octanol–water partition coefficient (Wildman–Crippen LogP) is 3.95. The summed E-state index contributed by atoms with van der Waals surface area (Å²) in [4.78, 5) is 11.5. The number of carbonyl (C=O) groups excluding carboxylic acids is 1. The molecule has 1 amide bonds. The van der Waals surface area contributed by atoms with Gasteiger partial charge in [-0.2, -0.15) is 4.31 Å². The molecule has 162 valence electrons. The molecule has 6 nitrogen and oxygen atoms in total. The smallest absolute Gasteiger partial charge is 0.274 e. The summed E-state index contributed by atoms with van der Waals surface area (Å²) in [5.74, 6) is -1.13. The molecule has 0 radical (unpaired) electrons. The SMILES string of the molecule is Cc1cc(S(=O)(=O)N(Cc2ccc(C(=O)NO)cc2)Cc2ccccc2C)ccc1F. The zero-order chi connectivity index (χ0) is 22.6. The van der Waals surface area contributed by atoms with E-state index in [1.165, 1.54) is 35.5 Å². The summed E-state index contributed by atoms with van der Waals surface area (Å²) < 4.78 is 41.9. The Morgan fingerprint density at radius 3 is 2.26 bits per heavy atom. The minimum Gasteiger partial charge on any atom is -0.288 e. The van der Waals surface area contributed by atoms with Crippen molar-refractivity contribution in [2.45, 2.75) is 31.8 Å². The van der Waals surface area contributed by atoms with E-state index in [9.17, 15) is 17.6 Å². The summed E-state index contributed by atoms with van der Waals surface area (Å²) in [5.41, 5.74) is 4.51. The summed E-state index contributed by atoms with van der Waals surface area (Å²) in [7, 11) is -3.94. The van der Waals surface area contributed by atoms with Gasteiger partial charge in [-0.3, -0.25) is 10.0 Å². The number of rotatable bonds is 7. The Balaban J connectivity index is 1.99. The fraction of sp³-hybridized carbons (Fsp3) is 0.174. The van der Waals surface area contributed by atoms with E-state index in [0.717, 1.165) is 17.2 Å². The number of nitrogens with zero attached hydrogens (tertiary/aromatic N) is 1. The van der Waals surface area contributed by atoms with Crippen LogP contribution in [0.4, 0.5) is 4.39 Å². The Hall–Kier alpha value is -3.07. The first-order chi connectivity index (χ1) is 14.7. The summed E-state index contributed by atoms with van der Waals surface area (Å²) in [5, 5.41) is 8.75. The number of benzene rings is 3. The van der Waals surface area contributed by atoms with E-state index in [-0.39, 0.29) is 29.1 Å². The monoisotopic (exact) mass is 442 g/mol. The highest BCUT2D eigenvalue weighted by Crippen LogP contribution is 2.24. The lowest BCUT2D eigenvalue weighted by Gasteiger charge is -2.24. The van der Waals surface area contributed by atoms with Gasteiger partial charge in [0.05, 0.1) is 4.90 Å². The molecule has 0 aliphatic carbocycles. The van der Waals surface area contributed by atoms with Gasteiger partial charge in [0, 0.05) is 18.7 Å². The first-order valence-electron chi connectivity index (χ1n) is 9.56. The van der Waals surface area contributed by atoms with Crippen molar-refractivity contribution in [2.75, 3.05) is 0 Å². The standard InChI is InChI=1S/C23H23FN2O4S/c1-16-5-3-4-6-20(16)15-26(14-18-7-9-19(10-8-18)23(27)25-28)31(29,30)21-11-12-22(24)17(2)13-21/h3-13,28H,14-15H2,1-2H3,(H,25,27). The van der Waals surface area contributed by atoms with Gasteiger partial charge in [-0.15, -0.1) is 0 Å². The van der Waals surface area contributed by atoms with Crippen LogP contribution in [0.1, 0.15) is 32.6 Å². The normalized spacial score (nSPS) is 11.5. The predicted molar refractivity (Wildman–Crippen MR) is 114 cm³/mol. The van der Waals surface area contributed by atoms with Gasteiger partial charge in [0.15, 0.2) is 0 Å². The second kappa shape index (κ2) is 9.38. The molecule has 31 heavy (non-hydrogen) atoms. The van der Waals surface area contributed by atoms with E-state index in [1.807, 2.05) is 31.2 Å². The molecule has 2 N–H and O–H groups in total. The average Bonchev–Trinajstić information content (AvgIpc) is 2.76. The molecule has 0 aliphatic heterocycles. The third-order valence-electron chi connectivity index (χ3n) is 5.05. The number of carbonyl (C=O) groups is 1. The minimum atomic E-state index is -3.94. The fourth-order valence-electron chi connectivity index (χ4n) is 3.16. The van der Waals surface area contributed by atoms with Crippen LogP contribution in [0.15, 0.2) is 71.6 Å². The van der Waals surface area contributed by atoms with Crippen molar-refractivity contribution in [3.05, 3.63) is 100 Å². The number of aryl methyl sites for hydroxylation is 2. The molecule has 0 saturated heterocycles. The lowest BCUT2D eigenvalue weighted by molar-refractivity contribution is 0.0706. The minimum absolute atomic E-state index is 0.0104. The second-order valence-electron chi connectivity index (χ2n) is 7.25. The number of halogens is 1. The van der Waals surface area contributed by atoms with Gasteiger partial charge in [0.1, 0.15) is 5.82 Å². The maximum absolute atomic E-state index is 13.7. The zero-order valence-electron chi connectivity index (χ0n) is 17.2. The number of hydroxylamine groups is 1. The van der Waals surface area contributed by atoms with Crippen molar-refractivity contribution in [1.82, 2.24) is 9.79 Å². The van der Waals surface area contributed by atoms with E-state index >= 15 is 0 Å². The Morgan fingerprint density at radius 1 is 0.968 bits per heavy atom. The lowest BCUT2D eigenvalue weighted by atomic mass is 10.1. The molecule has 0 unspecified atom stereocenters. The van der Waals surface area contributed by atoms with Gasteiger partial charge in [0.25, 0.3) is 5.91 Å². The van der Waals surface area contributed by atoms with Crippen LogP contribution >= 0.6 is 0 Å². The molecular formula is C23H23FN2O4S. The van der Waals surface area contributed by atoms with Gasteiger partial charge in [0.2, 0.25) is 10.0 Å². The molecule has 0 bridgehead atoms. The summed E-state index contributed by atoms with van der Waals surface area (Å²) >= 11 is 0. The molecular weight excluding hydrogens is 419 g/mol. The maximum atomic E-state index is 13.7. The van der Waals surface area contributed by atoms with Gasteiger partial charge in [-0.05, 0) is 66.4 Å². The molecule has 0 saturated carbocycles. The molecule has 0 fully saturated rings. The molecule has 0 aliphatic rings. The molecule has 3 rings (SSSR count).